The molecule has 0 aliphatic rings. The molecular formula is C14H14F2N2O2S. The van der Waals surface area contributed by atoms with Crippen molar-refractivity contribution in [3.8, 4) is 0 Å². The van der Waals surface area contributed by atoms with Crippen LogP contribution in [0.3, 0.4) is 0 Å². The van der Waals surface area contributed by atoms with Gasteiger partial charge in [0, 0.05) is 5.69 Å². The highest BCUT2D eigenvalue weighted by Crippen LogP contribution is 2.26. The number of nitrogen functional groups attached to an aromatic ring is 1. The lowest BCUT2D eigenvalue weighted by atomic mass is 10.1. The highest BCUT2D eigenvalue weighted by Gasteiger charge is 2.22. The minimum atomic E-state index is -4.14. The molecule has 2 aromatic rings. The summed E-state index contributed by atoms with van der Waals surface area (Å²) in [5.41, 5.74) is 6.32. The SMILES string of the molecule is Cc1cc(N)cc(S(=O)(=O)Nc2c(F)cccc2F)c1C. The Labute approximate surface area is 121 Å². The molecule has 0 heterocycles. The Morgan fingerprint density at radius 1 is 1.10 bits per heavy atom. The van der Waals surface area contributed by atoms with Crippen molar-refractivity contribution in [2.24, 2.45) is 0 Å². The summed E-state index contributed by atoms with van der Waals surface area (Å²) in [6.45, 7) is 3.30. The first-order valence-corrected chi connectivity index (χ1v) is 7.54. The van der Waals surface area contributed by atoms with Crippen LogP contribution in [0.1, 0.15) is 11.1 Å². The zero-order valence-electron chi connectivity index (χ0n) is 11.4. The zero-order valence-corrected chi connectivity index (χ0v) is 12.3. The van der Waals surface area contributed by atoms with Crippen LogP contribution in [0.15, 0.2) is 35.2 Å². The predicted molar refractivity (Wildman–Crippen MR) is 77.5 cm³/mol. The van der Waals surface area contributed by atoms with Gasteiger partial charge in [0.2, 0.25) is 0 Å². The van der Waals surface area contributed by atoms with Crippen LogP contribution in [0.5, 0.6) is 0 Å². The molecular weight excluding hydrogens is 298 g/mol. The van der Waals surface area contributed by atoms with Gasteiger partial charge in [-0.15, -0.1) is 0 Å². The van der Waals surface area contributed by atoms with Crippen LogP contribution < -0.4 is 10.5 Å². The molecule has 0 saturated heterocycles. The molecule has 0 saturated carbocycles. The van der Waals surface area contributed by atoms with Crippen LogP contribution >= 0.6 is 0 Å². The Kier molecular flexibility index (Phi) is 3.87. The summed E-state index contributed by atoms with van der Waals surface area (Å²) in [6, 6.07) is 5.97. The lowest BCUT2D eigenvalue weighted by Crippen LogP contribution is -2.17. The number of nitrogens with two attached hydrogens (primary N) is 1. The number of rotatable bonds is 3. The predicted octanol–water partition coefficient (Wildman–Crippen LogP) is 2.96. The smallest absolute Gasteiger partial charge is 0.262 e. The molecule has 0 bridgehead atoms. The summed E-state index contributed by atoms with van der Waals surface area (Å²) < 4.78 is 53.7. The maximum Gasteiger partial charge on any atom is 0.262 e. The van der Waals surface area contributed by atoms with E-state index in [0.29, 0.717) is 11.1 Å². The van der Waals surface area contributed by atoms with E-state index in [4.69, 9.17) is 5.73 Å². The second-order valence-corrected chi connectivity index (χ2v) is 6.31. The van der Waals surface area contributed by atoms with Gasteiger partial charge in [0.15, 0.2) is 0 Å². The van der Waals surface area contributed by atoms with Crippen molar-refractivity contribution in [2.45, 2.75) is 18.7 Å². The molecule has 0 amide bonds. The average molecular weight is 312 g/mol. The van der Waals surface area contributed by atoms with E-state index in [0.717, 1.165) is 18.2 Å². The maximum absolute atomic E-state index is 13.6. The molecule has 4 nitrogen and oxygen atoms in total. The molecule has 0 aromatic heterocycles. The molecule has 0 unspecified atom stereocenters. The van der Waals surface area contributed by atoms with Crippen LogP contribution in [0.4, 0.5) is 20.2 Å². The minimum absolute atomic E-state index is 0.109. The molecule has 0 aliphatic carbocycles. The molecule has 0 spiro atoms. The highest BCUT2D eigenvalue weighted by molar-refractivity contribution is 7.92. The first kappa shape index (κ1) is 15.2. The van der Waals surface area contributed by atoms with Crippen LogP contribution in [-0.4, -0.2) is 8.42 Å². The van der Waals surface area contributed by atoms with Gasteiger partial charge < -0.3 is 5.73 Å². The fourth-order valence-corrected chi connectivity index (χ4v) is 3.35. The summed E-state index contributed by atoms with van der Waals surface area (Å²) in [4.78, 5) is -0.109. The third-order valence-corrected chi connectivity index (χ3v) is 4.61. The van der Waals surface area contributed by atoms with Gasteiger partial charge in [-0.2, -0.15) is 0 Å². The number of hydrogen-bond acceptors (Lipinski definition) is 3. The van der Waals surface area contributed by atoms with Crippen molar-refractivity contribution < 1.29 is 17.2 Å². The Balaban J connectivity index is 2.54. The fraction of sp³-hybridized carbons (Fsp3) is 0.143. The van der Waals surface area contributed by atoms with E-state index in [1.165, 1.54) is 6.07 Å². The standard InChI is InChI=1S/C14H14F2N2O2S/c1-8-6-10(17)7-13(9(8)2)21(19,20)18-14-11(15)4-3-5-12(14)16/h3-7,18H,17H2,1-2H3. The van der Waals surface area contributed by atoms with E-state index in [1.54, 1.807) is 19.9 Å². The third-order valence-electron chi connectivity index (χ3n) is 3.13. The van der Waals surface area contributed by atoms with Crippen molar-refractivity contribution in [1.82, 2.24) is 0 Å². The molecule has 0 aliphatic heterocycles. The molecule has 0 atom stereocenters. The van der Waals surface area contributed by atoms with E-state index in [9.17, 15) is 17.2 Å². The Morgan fingerprint density at radius 2 is 1.67 bits per heavy atom. The van der Waals surface area contributed by atoms with Crippen molar-refractivity contribution in [1.29, 1.82) is 0 Å². The van der Waals surface area contributed by atoms with Crippen molar-refractivity contribution in [2.75, 3.05) is 10.5 Å². The molecule has 3 N–H and O–H groups in total. The second-order valence-electron chi connectivity index (χ2n) is 4.66. The number of para-hydroxylation sites is 1. The fourth-order valence-electron chi connectivity index (χ4n) is 1.92. The topological polar surface area (TPSA) is 72.2 Å². The molecule has 0 fully saturated rings. The van der Waals surface area contributed by atoms with Crippen molar-refractivity contribution in [3.05, 3.63) is 53.1 Å². The van der Waals surface area contributed by atoms with Gasteiger partial charge in [-0.1, -0.05) is 6.07 Å². The van der Waals surface area contributed by atoms with E-state index in [1.807, 2.05) is 4.72 Å². The van der Waals surface area contributed by atoms with Gasteiger partial charge in [-0.3, -0.25) is 4.72 Å². The Morgan fingerprint density at radius 3 is 2.24 bits per heavy atom. The van der Waals surface area contributed by atoms with Crippen LogP contribution in [-0.2, 0) is 10.0 Å². The van der Waals surface area contributed by atoms with Crippen LogP contribution in [0.25, 0.3) is 0 Å². The molecule has 2 aromatic carbocycles. The third kappa shape index (κ3) is 2.97. The Hall–Kier alpha value is -2.15. The lowest BCUT2D eigenvalue weighted by Gasteiger charge is -2.13. The summed E-state index contributed by atoms with van der Waals surface area (Å²) in [6.07, 6.45) is 0. The number of hydrogen-bond donors (Lipinski definition) is 2. The number of halogens is 2. The van der Waals surface area contributed by atoms with Gasteiger partial charge in [-0.05, 0) is 49.2 Å². The van der Waals surface area contributed by atoms with Gasteiger partial charge in [0.25, 0.3) is 10.0 Å². The van der Waals surface area contributed by atoms with Gasteiger partial charge in [0.1, 0.15) is 17.3 Å². The number of aryl methyl sites for hydroxylation is 1. The lowest BCUT2D eigenvalue weighted by molar-refractivity contribution is 0.582. The van der Waals surface area contributed by atoms with Crippen molar-refractivity contribution >= 4 is 21.4 Å². The van der Waals surface area contributed by atoms with E-state index in [2.05, 4.69) is 0 Å². The number of nitrogens with one attached hydrogen (secondary N) is 1. The minimum Gasteiger partial charge on any atom is -0.399 e. The van der Waals surface area contributed by atoms with Crippen LogP contribution in [0.2, 0.25) is 0 Å². The zero-order chi connectivity index (χ0) is 15.8. The molecule has 112 valence electrons. The number of benzene rings is 2. The molecule has 7 heteroatoms. The Bertz CT molecular complexity index is 785. The van der Waals surface area contributed by atoms with Crippen LogP contribution in [0, 0.1) is 25.5 Å². The quantitative estimate of drug-likeness (QED) is 0.856. The summed E-state index contributed by atoms with van der Waals surface area (Å²) in [5.74, 6) is -1.98. The molecule has 21 heavy (non-hydrogen) atoms. The summed E-state index contributed by atoms with van der Waals surface area (Å²) in [5, 5.41) is 0. The monoisotopic (exact) mass is 312 g/mol. The van der Waals surface area contributed by atoms with E-state index < -0.39 is 27.3 Å². The number of anilines is 2. The average Bonchev–Trinajstić information content (AvgIpc) is 2.38. The van der Waals surface area contributed by atoms with Crippen molar-refractivity contribution in [3.63, 3.8) is 0 Å². The summed E-state index contributed by atoms with van der Waals surface area (Å²) >= 11 is 0. The highest BCUT2D eigenvalue weighted by atomic mass is 32.2. The molecule has 2 rings (SSSR count). The van der Waals surface area contributed by atoms with E-state index >= 15 is 0 Å². The maximum atomic E-state index is 13.6. The first-order chi connectivity index (χ1) is 9.72. The van der Waals surface area contributed by atoms with E-state index in [-0.39, 0.29) is 10.6 Å². The largest absolute Gasteiger partial charge is 0.399 e. The van der Waals surface area contributed by atoms with Gasteiger partial charge >= 0.3 is 0 Å². The number of sulfonamides is 1. The summed E-state index contributed by atoms with van der Waals surface area (Å²) in [7, 11) is -4.14. The van der Waals surface area contributed by atoms with Gasteiger partial charge in [0.05, 0.1) is 4.90 Å². The molecule has 0 radical (unpaired) electrons. The van der Waals surface area contributed by atoms with Gasteiger partial charge in [-0.25, -0.2) is 17.2 Å². The second kappa shape index (κ2) is 5.33. The first-order valence-electron chi connectivity index (χ1n) is 6.06. The normalized spacial score (nSPS) is 11.4.